The quantitative estimate of drug-likeness (QED) is 0.741. The van der Waals surface area contributed by atoms with E-state index in [0.29, 0.717) is 23.3 Å². The molecule has 1 rings (SSSR count). The van der Waals surface area contributed by atoms with Crippen LogP contribution in [0, 0.1) is 0 Å². The van der Waals surface area contributed by atoms with Crippen LogP contribution in [-0.4, -0.2) is 18.3 Å². The lowest BCUT2D eigenvalue weighted by Crippen LogP contribution is -2.24. The monoisotopic (exact) mass is 226 g/mol. The number of hydrogen-bond acceptors (Lipinski definition) is 4. The molecule has 15 heavy (non-hydrogen) atoms. The first kappa shape index (κ1) is 11.4. The third-order valence-electron chi connectivity index (χ3n) is 1.57. The van der Waals surface area contributed by atoms with Crippen LogP contribution in [0.4, 0.5) is 4.79 Å². The van der Waals surface area contributed by atoms with Crippen molar-refractivity contribution in [2.45, 2.75) is 0 Å². The third kappa shape index (κ3) is 3.17. The number of amides is 2. The fourth-order valence-electron chi connectivity index (χ4n) is 0.965. The first-order valence-electron chi connectivity index (χ1n) is 4.04. The van der Waals surface area contributed by atoms with E-state index in [9.17, 15) is 9.59 Å². The van der Waals surface area contributed by atoms with Gasteiger partial charge in [-0.25, -0.2) is 4.79 Å². The highest BCUT2D eigenvalue weighted by molar-refractivity contribution is 8.12. The van der Waals surface area contributed by atoms with Crippen molar-refractivity contribution in [3.05, 3.63) is 29.8 Å². The summed E-state index contributed by atoms with van der Waals surface area (Å²) in [5.74, 6) is 0.460. The number of carbonyl (C=O) groups excluding carboxylic acids is 2. The number of primary amides is 1. The molecule has 0 aliphatic carbocycles. The fraction of sp³-hybridized carbons (Fsp3) is 0.111. The Morgan fingerprint density at radius 1 is 1.40 bits per heavy atom. The standard InChI is InChI=1S/C9H10N2O3S/c1-14-7-5-3-2-4-6(7)8(12)15-11-9(10)13/h2-5H,1H3,(H3,10,11,13). The fourth-order valence-corrected chi connectivity index (χ4v) is 1.44. The molecule has 0 heterocycles. The van der Waals surface area contributed by atoms with Crippen molar-refractivity contribution in [3.63, 3.8) is 0 Å². The minimum atomic E-state index is -0.761. The maximum Gasteiger partial charge on any atom is 0.322 e. The lowest BCUT2D eigenvalue weighted by Gasteiger charge is -2.05. The van der Waals surface area contributed by atoms with Crippen LogP contribution in [0.2, 0.25) is 0 Å². The van der Waals surface area contributed by atoms with Gasteiger partial charge in [0.1, 0.15) is 5.75 Å². The van der Waals surface area contributed by atoms with Gasteiger partial charge in [-0.15, -0.1) is 0 Å². The van der Waals surface area contributed by atoms with Crippen LogP contribution in [0.5, 0.6) is 5.75 Å². The van der Waals surface area contributed by atoms with E-state index in [4.69, 9.17) is 10.5 Å². The molecule has 0 radical (unpaired) electrons. The van der Waals surface area contributed by atoms with Crippen molar-refractivity contribution >= 4 is 23.1 Å². The smallest absolute Gasteiger partial charge is 0.322 e. The largest absolute Gasteiger partial charge is 0.496 e. The first-order valence-corrected chi connectivity index (χ1v) is 4.86. The average molecular weight is 226 g/mol. The Kier molecular flexibility index (Phi) is 3.99. The van der Waals surface area contributed by atoms with Crippen LogP contribution < -0.4 is 15.2 Å². The van der Waals surface area contributed by atoms with Gasteiger partial charge in [-0.3, -0.25) is 9.52 Å². The number of benzene rings is 1. The molecule has 0 unspecified atom stereocenters. The summed E-state index contributed by atoms with van der Waals surface area (Å²) in [7, 11) is 1.47. The van der Waals surface area contributed by atoms with Crippen LogP contribution >= 0.6 is 11.9 Å². The number of urea groups is 1. The van der Waals surface area contributed by atoms with Crippen LogP contribution in [0.15, 0.2) is 24.3 Å². The van der Waals surface area contributed by atoms with Gasteiger partial charge in [-0.2, -0.15) is 0 Å². The van der Waals surface area contributed by atoms with Crippen LogP contribution in [0.1, 0.15) is 10.4 Å². The molecule has 0 saturated heterocycles. The number of para-hydroxylation sites is 1. The molecule has 0 spiro atoms. The maximum atomic E-state index is 11.5. The van der Waals surface area contributed by atoms with E-state index in [1.807, 2.05) is 0 Å². The van der Waals surface area contributed by atoms with Crippen molar-refractivity contribution in [3.8, 4) is 5.75 Å². The summed E-state index contributed by atoms with van der Waals surface area (Å²) >= 11 is 0.624. The van der Waals surface area contributed by atoms with E-state index in [2.05, 4.69) is 4.72 Å². The Labute approximate surface area is 91.1 Å². The van der Waals surface area contributed by atoms with Gasteiger partial charge in [0.25, 0.3) is 0 Å². The predicted octanol–water partition coefficient (Wildman–Crippen LogP) is 1.15. The van der Waals surface area contributed by atoms with Crippen LogP contribution in [0.25, 0.3) is 0 Å². The molecule has 3 N–H and O–H groups in total. The van der Waals surface area contributed by atoms with Crippen molar-refractivity contribution < 1.29 is 14.3 Å². The molecular formula is C9H10N2O3S. The van der Waals surface area contributed by atoms with E-state index < -0.39 is 6.03 Å². The second-order valence-corrected chi connectivity index (χ2v) is 3.34. The summed E-state index contributed by atoms with van der Waals surface area (Å²) in [4.78, 5) is 21.9. The minimum absolute atomic E-state index is 0.328. The van der Waals surface area contributed by atoms with Crippen LogP contribution in [0.3, 0.4) is 0 Å². The highest BCUT2D eigenvalue weighted by Gasteiger charge is 2.12. The molecule has 0 fully saturated rings. The number of ether oxygens (including phenoxy) is 1. The number of nitrogens with two attached hydrogens (primary N) is 1. The predicted molar refractivity (Wildman–Crippen MR) is 57.6 cm³/mol. The number of nitrogens with one attached hydrogen (secondary N) is 1. The maximum absolute atomic E-state index is 11.5. The van der Waals surface area contributed by atoms with E-state index in [0.717, 1.165) is 0 Å². The molecule has 0 aliphatic rings. The number of hydrogen-bond donors (Lipinski definition) is 2. The number of rotatable bonds is 2. The molecule has 5 nitrogen and oxygen atoms in total. The van der Waals surface area contributed by atoms with Gasteiger partial charge in [-0.05, 0) is 12.1 Å². The lowest BCUT2D eigenvalue weighted by atomic mass is 10.2. The molecule has 6 heteroatoms. The van der Waals surface area contributed by atoms with Gasteiger partial charge in [0, 0.05) is 11.9 Å². The summed E-state index contributed by atoms with van der Waals surface area (Å²) in [6.07, 6.45) is 0. The zero-order chi connectivity index (χ0) is 11.3. The van der Waals surface area contributed by atoms with Gasteiger partial charge in [-0.1, -0.05) is 12.1 Å². The Bertz CT molecular complexity index is 381. The van der Waals surface area contributed by atoms with Crippen molar-refractivity contribution in [1.29, 1.82) is 0 Å². The Balaban J connectivity index is 2.77. The third-order valence-corrected chi connectivity index (χ3v) is 2.28. The van der Waals surface area contributed by atoms with Gasteiger partial charge in [0.15, 0.2) is 0 Å². The van der Waals surface area contributed by atoms with Crippen molar-refractivity contribution in [2.24, 2.45) is 5.73 Å². The highest BCUT2D eigenvalue weighted by Crippen LogP contribution is 2.21. The summed E-state index contributed by atoms with van der Waals surface area (Å²) in [5, 5.41) is -0.328. The van der Waals surface area contributed by atoms with Crippen molar-refractivity contribution in [1.82, 2.24) is 4.72 Å². The molecule has 0 atom stereocenters. The Morgan fingerprint density at radius 3 is 2.67 bits per heavy atom. The molecular weight excluding hydrogens is 216 g/mol. The number of methoxy groups -OCH3 is 1. The SMILES string of the molecule is COc1ccccc1C(=O)SNC(N)=O. The second kappa shape index (κ2) is 5.26. The van der Waals surface area contributed by atoms with Gasteiger partial charge in [0.05, 0.1) is 12.7 Å². The zero-order valence-electron chi connectivity index (χ0n) is 8.02. The number of carbonyl (C=O) groups is 2. The molecule has 0 bridgehead atoms. The molecule has 2 amide bonds. The molecule has 0 saturated carbocycles. The van der Waals surface area contributed by atoms with Crippen LogP contribution in [-0.2, 0) is 0 Å². The molecule has 1 aromatic rings. The van der Waals surface area contributed by atoms with E-state index >= 15 is 0 Å². The molecule has 0 aromatic heterocycles. The van der Waals surface area contributed by atoms with Gasteiger partial charge < -0.3 is 10.5 Å². The van der Waals surface area contributed by atoms with Gasteiger partial charge >= 0.3 is 6.03 Å². The Morgan fingerprint density at radius 2 is 2.07 bits per heavy atom. The summed E-state index contributed by atoms with van der Waals surface area (Å²) in [6.45, 7) is 0. The van der Waals surface area contributed by atoms with E-state index in [1.54, 1.807) is 24.3 Å². The average Bonchev–Trinajstić information content (AvgIpc) is 2.25. The normalized spacial score (nSPS) is 9.40. The summed E-state index contributed by atoms with van der Waals surface area (Å²) < 4.78 is 7.14. The first-order chi connectivity index (χ1) is 7.15. The zero-order valence-corrected chi connectivity index (χ0v) is 8.84. The summed E-state index contributed by atoms with van der Waals surface area (Å²) in [5.41, 5.74) is 5.22. The molecule has 0 aliphatic heterocycles. The van der Waals surface area contributed by atoms with E-state index in [1.165, 1.54) is 7.11 Å². The minimum Gasteiger partial charge on any atom is -0.496 e. The summed E-state index contributed by atoms with van der Waals surface area (Å²) in [6, 6.07) is 5.97. The topological polar surface area (TPSA) is 81.4 Å². The van der Waals surface area contributed by atoms with E-state index in [-0.39, 0.29) is 5.12 Å². The van der Waals surface area contributed by atoms with Gasteiger partial charge in [0.2, 0.25) is 5.12 Å². The molecule has 80 valence electrons. The highest BCUT2D eigenvalue weighted by atomic mass is 32.2. The molecule has 1 aromatic carbocycles. The van der Waals surface area contributed by atoms with Crippen molar-refractivity contribution in [2.75, 3.05) is 7.11 Å². The lowest BCUT2D eigenvalue weighted by molar-refractivity contribution is 0.108. The Hall–Kier alpha value is -1.69. The second-order valence-electron chi connectivity index (χ2n) is 2.56.